The van der Waals surface area contributed by atoms with E-state index < -0.39 is 0 Å². The fourth-order valence-corrected chi connectivity index (χ4v) is 3.52. The topological polar surface area (TPSA) is 83.6 Å². The number of fused-ring (bicyclic) bond motifs is 1. The van der Waals surface area contributed by atoms with Crippen molar-refractivity contribution in [3.63, 3.8) is 0 Å². The Morgan fingerprint density at radius 2 is 1.70 bits per heavy atom. The number of benzene rings is 2. The van der Waals surface area contributed by atoms with Crippen LogP contribution in [0.2, 0.25) is 5.02 Å². The maximum Gasteiger partial charge on any atom is 0.256 e. The summed E-state index contributed by atoms with van der Waals surface area (Å²) in [5.41, 5.74) is 5.04. The summed E-state index contributed by atoms with van der Waals surface area (Å²) in [6, 6.07) is 13.6. The first-order chi connectivity index (χ1) is 14.4. The van der Waals surface area contributed by atoms with Gasteiger partial charge < -0.3 is 0 Å². The van der Waals surface area contributed by atoms with Gasteiger partial charge in [-0.25, -0.2) is 15.0 Å². The third kappa shape index (κ3) is 4.19. The zero-order valence-corrected chi connectivity index (χ0v) is 17.8. The molecule has 4 aromatic rings. The van der Waals surface area contributed by atoms with Crippen LogP contribution in [-0.4, -0.2) is 19.9 Å². The highest BCUT2D eigenvalue weighted by Crippen LogP contribution is 2.21. The first-order valence-corrected chi connectivity index (χ1v) is 10.2. The summed E-state index contributed by atoms with van der Waals surface area (Å²) in [5.74, 6) is 0.721. The second-order valence-electron chi connectivity index (χ2n) is 7.24. The van der Waals surface area contributed by atoms with Crippen LogP contribution in [0.25, 0.3) is 10.9 Å². The molecule has 2 aromatic heterocycles. The standard InChI is InChI=1S/C23H22ClN5O/c1-4-15-7-10-20-18(11-15)13(2)25-22(27-20)29-23-26-14(3)19(21(30)28-23)12-16-5-8-17(24)9-6-16/h5-11H,4,12H2,1-3H3,(H2,25,26,27,28,29,30). The lowest BCUT2D eigenvalue weighted by Crippen LogP contribution is -2.19. The molecule has 6 nitrogen and oxygen atoms in total. The van der Waals surface area contributed by atoms with Crippen LogP contribution in [-0.2, 0) is 12.8 Å². The van der Waals surface area contributed by atoms with Gasteiger partial charge in [-0.2, -0.15) is 0 Å². The van der Waals surface area contributed by atoms with Crippen molar-refractivity contribution >= 4 is 34.4 Å². The van der Waals surface area contributed by atoms with Gasteiger partial charge in [0, 0.05) is 22.4 Å². The lowest BCUT2D eigenvalue weighted by atomic mass is 10.1. The second-order valence-corrected chi connectivity index (χ2v) is 7.68. The van der Waals surface area contributed by atoms with Crippen molar-refractivity contribution in [3.8, 4) is 0 Å². The van der Waals surface area contributed by atoms with E-state index in [9.17, 15) is 4.79 Å². The lowest BCUT2D eigenvalue weighted by Gasteiger charge is -2.10. The zero-order chi connectivity index (χ0) is 21.3. The Hall–Kier alpha value is -3.25. The third-order valence-corrected chi connectivity index (χ3v) is 5.36. The van der Waals surface area contributed by atoms with Gasteiger partial charge in [0.15, 0.2) is 0 Å². The molecule has 0 saturated heterocycles. The number of H-pyrrole nitrogens is 1. The molecular weight excluding hydrogens is 398 g/mol. The van der Waals surface area contributed by atoms with E-state index in [0.29, 0.717) is 34.6 Å². The molecule has 0 aliphatic rings. The number of aryl methyl sites for hydroxylation is 3. The van der Waals surface area contributed by atoms with E-state index in [-0.39, 0.29) is 5.56 Å². The van der Waals surface area contributed by atoms with Gasteiger partial charge in [-0.1, -0.05) is 36.7 Å². The number of anilines is 2. The number of aromatic nitrogens is 4. The van der Waals surface area contributed by atoms with E-state index >= 15 is 0 Å². The summed E-state index contributed by atoms with van der Waals surface area (Å²) >= 11 is 5.94. The Morgan fingerprint density at radius 1 is 0.967 bits per heavy atom. The minimum Gasteiger partial charge on any atom is -0.294 e. The Morgan fingerprint density at radius 3 is 2.40 bits per heavy atom. The van der Waals surface area contributed by atoms with E-state index in [1.807, 2.05) is 44.2 Å². The van der Waals surface area contributed by atoms with Crippen molar-refractivity contribution in [2.24, 2.45) is 0 Å². The van der Waals surface area contributed by atoms with Crippen LogP contribution >= 0.6 is 11.6 Å². The van der Waals surface area contributed by atoms with E-state index in [1.165, 1.54) is 5.56 Å². The third-order valence-electron chi connectivity index (χ3n) is 5.11. The largest absolute Gasteiger partial charge is 0.294 e. The lowest BCUT2D eigenvalue weighted by molar-refractivity contribution is 0.978. The minimum atomic E-state index is -0.190. The average Bonchev–Trinajstić information content (AvgIpc) is 2.72. The van der Waals surface area contributed by atoms with Crippen LogP contribution in [0.3, 0.4) is 0 Å². The first kappa shape index (κ1) is 20.0. The number of rotatable bonds is 5. The van der Waals surface area contributed by atoms with Gasteiger partial charge in [-0.15, -0.1) is 0 Å². The highest BCUT2D eigenvalue weighted by atomic mass is 35.5. The summed E-state index contributed by atoms with van der Waals surface area (Å²) in [4.78, 5) is 29.1. The molecule has 2 N–H and O–H groups in total. The molecule has 2 aromatic carbocycles. The maximum atomic E-state index is 12.7. The monoisotopic (exact) mass is 419 g/mol. The molecule has 0 aliphatic carbocycles. The van der Waals surface area contributed by atoms with Gasteiger partial charge in [0.25, 0.3) is 5.56 Å². The summed E-state index contributed by atoms with van der Waals surface area (Å²) in [5, 5.41) is 4.73. The normalized spacial score (nSPS) is 11.1. The van der Waals surface area contributed by atoms with Gasteiger partial charge in [0.05, 0.1) is 16.9 Å². The SMILES string of the molecule is CCc1ccc2nc(Nc3nc(C)c(Cc4ccc(Cl)cc4)c(=O)[nH]3)nc(C)c2c1. The summed E-state index contributed by atoms with van der Waals surface area (Å²) < 4.78 is 0. The van der Waals surface area contributed by atoms with Gasteiger partial charge in [0.1, 0.15) is 0 Å². The Bertz CT molecular complexity index is 1280. The van der Waals surface area contributed by atoms with E-state index in [2.05, 4.69) is 44.3 Å². The van der Waals surface area contributed by atoms with Crippen LogP contribution < -0.4 is 10.9 Å². The van der Waals surface area contributed by atoms with Crippen molar-refractivity contribution in [2.45, 2.75) is 33.6 Å². The molecule has 0 fully saturated rings. The van der Waals surface area contributed by atoms with Crippen molar-refractivity contribution in [1.82, 2.24) is 19.9 Å². The Labute approximate surface area is 179 Å². The smallest absolute Gasteiger partial charge is 0.256 e. The quantitative estimate of drug-likeness (QED) is 0.481. The molecular formula is C23H22ClN5O. The number of aromatic amines is 1. The van der Waals surface area contributed by atoms with Crippen molar-refractivity contribution in [3.05, 3.63) is 85.9 Å². The van der Waals surface area contributed by atoms with Crippen LogP contribution in [0, 0.1) is 13.8 Å². The average molecular weight is 420 g/mol. The molecule has 0 bridgehead atoms. The predicted molar refractivity (Wildman–Crippen MR) is 121 cm³/mol. The fraction of sp³-hybridized carbons (Fsp3) is 0.217. The van der Waals surface area contributed by atoms with Crippen LogP contribution in [0.15, 0.2) is 47.3 Å². The number of hydrogen-bond donors (Lipinski definition) is 2. The number of hydrogen-bond acceptors (Lipinski definition) is 5. The van der Waals surface area contributed by atoms with Gasteiger partial charge in [-0.3, -0.25) is 15.1 Å². The number of nitrogens with zero attached hydrogens (tertiary/aromatic N) is 3. The number of nitrogens with one attached hydrogen (secondary N) is 2. The number of halogens is 1. The fourth-order valence-electron chi connectivity index (χ4n) is 3.39. The molecule has 2 heterocycles. The van der Waals surface area contributed by atoms with Crippen molar-refractivity contribution in [1.29, 1.82) is 0 Å². The van der Waals surface area contributed by atoms with Crippen LogP contribution in [0.1, 0.15) is 35.0 Å². The molecule has 7 heteroatoms. The van der Waals surface area contributed by atoms with Crippen LogP contribution in [0.5, 0.6) is 0 Å². The molecule has 0 amide bonds. The molecule has 30 heavy (non-hydrogen) atoms. The van der Waals surface area contributed by atoms with E-state index in [1.54, 1.807) is 0 Å². The molecule has 0 saturated carbocycles. The van der Waals surface area contributed by atoms with Gasteiger partial charge >= 0.3 is 0 Å². The van der Waals surface area contributed by atoms with Gasteiger partial charge in [0.2, 0.25) is 11.9 Å². The molecule has 0 aliphatic heterocycles. The molecule has 4 rings (SSSR count). The van der Waals surface area contributed by atoms with Crippen molar-refractivity contribution in [2.75, 3.05) is 5.32 Å². The summed E-state index contributed by atoms with van der Waals surface area (Å²) in [6.07, 6.45) is 1.44. The predicted octanol–water partition coefficient (Wildman–Crippen LogP) is 4.88. The molecule has 0 spiro atoms. The second kappa shape index (κ2) is 8.24. The molecule has 0 atom stereocenters. The zero-order valence-electron chi connectivity index (χ0n) is 17.1. The van der Waals surface area contributed by atoms with E-state index in [0.717, 1.165) is 28.6 Å². The Kier molecular flexibility index (Phi) is 5.50. The summed E-state index contributed by atoms with van der Waals surface area (Å²) in [7, 11) is 0. The van der Waals surface area contributed by atoms with Crippen molar-refractivity contribution < 1.29 is 0 Å². The van der Waals surface area contributed by atoms with Gasteiger partial charge in [-0.05, 0) is 55.7 Å². The van der Waals surface area contributed by atoms with E-state index in [4.69, 9.17) is 11.6 Å². The minimum absolute atomic E-state index is 0.190. The maximum absolute atomic E-state index is 12.7. The molecule has 152 valence electrons. The highest BCUT2D eigenvalue weighted by Gasteiger charge is 2.11. The summed E-state index contributed by atoms with van der Waals surface area (Å²) in [6.45, 7) is 5.89. The highest BCUT2D eigenvalue weighted by molar-refractivity contribution is 6.30. The first-order valence-electron chi connectivity index (χ1n) is 9.81. The van der Waals surface area contributed by atoms with Crippen LogP contribution in [0.4, 0.5) is 11.9 Å². The Balaban J connectivity index is 1.62. The molecule has 0 unspecified atom stereocenters. The molecule has 0 radical (unpaired) electrons.